The van der Waals surface area contributed by atoms with Gasteiger partial charge in [-0.15, -0.1) is 0 Å². The molecular weight excluding hydrogens is 489 g/mol. The fourth-order valence-electron chi connectivity index (χ4n) is 4.06. The molecule has 0 radical (unpaired) electrons. The lowest BCUT2D eigenvalue weighted by Crippen LogP contribution is -2.48. The number of aliphatic hydroxyl groups excluding tert-OH is 1. The highest BCUT2D eigenvalue weighted by Gasteiger charge is 2.31. The molecule has 10 nitrogen and oxygen atoms in total. The number of primary amides is 1. The molecule has 4 heterocycles. The predicted octanol–water partition coefficient (Wildman–Crippen LogP) is 2.90. The average Bonchev–Trinajstić information content (AvgIpc) is 2.89. The second-order valence-corrected chi connectivity index (χ2v) is 8.48. The number of hydrogen-bond donors (Lipinski definition) is 4. The minimum Gasteiger partial charge on any atom is -0.396 e. The van der Waals surface area contributed by atoms with Gasteiger partial charge in [-0.3, -0.25) is 4.79 Å². The van der Waals surface area contributed by atoms with Crippen molar-refractivity contribution in [3.63, 3.8) is 0 Å². The van der Waals surface area contributed by atoms with Crippen LogP contribution in [0, 0.1) is 17.2 Å². The van der Waals surface area contributed by atoms with E-state index in [1.54, 1.807) is 12.1 Å². The zero-order valence-electron chi connectivity index (χ0n) is 19.4. The van der Waals surface area contributed by atoms with Crippen LogP contribution in [0.15, 0.2) is 48.9 Å². The molecule has 1 aliphatic heterocycles. The van der Waals surface area contributed by atoms with Crippen LogP contribution in [0.1, 0.15) is 27.9 Å². The minimum absolute atomic E-state index is 0.124. The molecule has 0 aliphatic carbocycles. The highest BCUT2D eigenvalue weighted by atomic mass is 19.4. The number of aromatic nitrogens is 3. The van der Waals surface area contributed by atoms with Crippen LogP contribution in [0.2, 0.25) is 0 Å². The first-order valence-electron chi connectivity index (χ1n) is 11.3. The SMILES string of the molecule is N#Cc1ccc(N2CC[C@@H](Nc3cc(Nc4ccc(C(F)(F)F)cn4)ncc3C(N)=O)[C@H](CO)C2)nc1. The van der Waals surface area contributed by atoms with Gasteiger partial charge in [-0.25, -0.2) is 15.0 Å². The Balaban J connectivity index is 1.50. The van der Waals surface area contributed by atoms with Crippen molar-refractivity contribution >= 4 is 29.0 Å². The molecule has 1 fully saturated rings. The summed E-state index contributed by atoms with van der Waals surface area (Å²) >= 11 is 0. The number of nitrogens with one attached hydrogen (secondary N) is 2. The zero-order valence-corrected chi connectivity index (χ0v) is 19.4. The molecule has 0 saturated carbocycles. The number of carbonyl (C=O) groups excluding carboxylic acids is 1. The third-order valence-electron chi connectivity index (χ3n) is 6.03. The van der Waals surface area contributed by atoms with Gasteiger partial charge in [0.25, 0.3) is 5.91 Å². The van der Waals surface area contributed by atoms with E-state index in [9.17, 15) is 23.1 Å². The molecule has 0 spiro atoms. The Hall–Kier alpha value is -4.44. The van der Waals surface area contributed by atoms with Crippen molar-refractivity contribution < 1.29 is 23.1 Å². The van der Waals surface area contributed by atoms with E-state index >= 15 is 0 Å². The van der Waals surface area contributed by atoms with Crippen molar-refractivity contribution in [1.82, 2.24) is 15.0 Å². The number of pyridine rings is 3. The second kappa shape index (κ2) is 10.7. The molecule has 0 aromatic carbocycles. The number of piperidine rings is 1. The first-order valence-corrected chi connectivity index (χ1v) is 11.3. The van der Waals surface area contributed by atoms with E-state index in [4.69, 9.17) is 11.0 Å². The summed E-state index contributed by atoms with van der Waals surface area (Å²) in [6, 6.07) is 8.82. The quantitative estimate of drug-likeness (QED) is 0.374. The summed E-state index contributed by atoms with van der Waals surface area (Å²) in [7, 11) is 0. The van der Waals surface area contributed by atoms with Crippen molar-refractivity contribution in [1.29, 1.82) is 5.26 Å². The van der Waals surface area contributed by atoms with E-state index in [1.807, 2.05) is 11.0 Å². The van der Waals surface area contributed by atoms with Crippen LogP contribution in [0.3, 0.4) is 0 Å². The normalized spacial score (nSPS) is 17.6. The van der Waals surface area contributed by atoms with E-state index in [2.05, 4.69) is 25.6 Å². The fraction of sp³-hybridized carbons (Fsp3) is 0.292. The molecule has 1 aliphatic rings. The van der Waals surface area contributed by atoms with Crippen molar-refractivity contribution in [2.45, 2.75) is 18.6 Å². The molecular formula is C24H23F3N8O2. The molecule has 13 heteroatoms. The topological polar surface area (TPSA) is 153 Å². The Morgan fingerprint density at radius 1 is 1.16 bits per heavy atom. The molecule has 1 amide bonds. The van der Waals surface area contributed by atoms with Crippen molar-refractivity contribution in [2.24, 2.45) is 11.7 Å². The van der Waals surface area contributed by atoms with Crippen molar-refractivity contribution in [2.75, 3.05) is 35.2 Å². The first-order chi connectivity index (χ1) is 17.7. The van der Waals surface area contributed by atoms with Crippen LogP contribution < -0.4 is 21.3 Å². The van der Waals surface area contributed by atoms with Gasteiger partial charge >= 0.3 is 6.18 Å². The van der Waals surface area contributed by atoms with E-state index in [-0.39, 0.29) is 35.8 Å². The summed E-state index contributed by atoms with van der Waals surface area (Å²) < 4.78 is 38.4. The highest BCUT2D eigenvalue weighted by Crippen LogP contribution is 2.30. The lowest BCUT2D eigenvalue weighted by Gasteiger charge is -2.39. The molecule has 0 unspecified atom stereocenters. The van der Waals surface area contributed by atoms with E-state index in [0.29, 0.717) is 42.8 Å². The number of aliphatic hydroxyl groups is 1. The Kier molecular flexibility index (Phi) is 7.40. The molecule has 3 aromatic rings. The number of anilines is 4. The highest BCUT2D eigenvalue weighted by molar-refractivity contribution is 5.98. The number of carbonyl (C=O) groups is 1. The van der Waals surface area contributed by atoms with Gasteiger partial charge in [-0.2, -0.15) is 18.4 Å². The number of halogens is 3. The minimum atomic E-state index is -4.50. The summed E-state index contributed by atoms with van der Waals surface area (Å²) in [5.41, 5.74) is 5.58. The Morgan fingerprint density at radius 2 is 1.95 bits per heavy atom. The number of hydrogen-bond acceptors (Lipinski definition) is 9. The number of nitriles is 1. The van der Waals surface area contributed by atoms with Gasteiger partial charge in [-0.1, -0.05) is 0 Å². The predicted molar refractivity (Wildman–Crippen MR) is 129 cm³/mol. The molecule has 3 aromatic heterocycles. The largest absolute Gasteiger partial charge is 0.417 e. The van der Waals surface area contributed by atoms with Crippen LogP contribution >= 0.6 is 0 Å². The summed E-state index contributed by atoms with van der Waals surface area (Å²) in [6.07, 6.45) is -0.443. The third-order valence-corrected chi connectivity index (χ3v) is 6.03. The smallest absolute Gasteiger partial charge is 0.396 e. The van der Waals surface area contributed by atoms with Gasteiger partial charge in [0.1, 0.15) is 23.5 Å². The van der Waals surface area contributed by atoms with E-state index < -0.39 is 17.6 Å². The molecule has 0 bridgehead atoms. The number of rotatable bonds is 7. The molecule has 37 heavy (non-hydrogen) atoms. The monoisotopic (exact) mass is 512 g/mol. The van der Waals surface area contributed by atoms with Crippen LogP contribution in [0.25, 0.3) is 0 Å². The Labute approximate surface area is 210 Å². The number of nitrogens with zero attached hydrogens (tertiary/aromatic N) is 5. The maximum Gasteiger partial charge on any atom is 0.417 e. The number of amides is 1. The van der Waals surface area contributed by atoms with Crippen molar-refractivity contribution in [3.05, 3.63) is 65.6 Å². The summed E-state index contributed by atoms with van der Waals surface area (Å²) in [6.45, 7) is 0.942. The maximum atomic E-state index is 12.8. The van der Waals surface area contributed by atoms with Crippen molar-refractivity contribution in [3.8, 4) is 6.07 Å². The molecule has 2 atom stereocenters. The first kappa shape index (κ1) is 25.6. The fourth-order valence-corrected chi connectivity index (χ4v) is 4.06. The lowest BCUT2D eigenvalue weighted by atomic mass is 9.92. The molecule has 5 N–H and O–H groups in total. The lowest BCUT2D eigenvalue weighted by molar-refractivity contribution is -0.137. The van der Waals surface area contributed by atoms with Gasteiger partial charge in [0.2, 0.25) is 0 Å². The molecule has 192 valence electrons. The number of alkyl halides is 3. The zero-order chi connectivity index (χ0) is 26.6. The van der Waals surface area contributed by atoms with Gasteiger partial charge in [0.05, 0.1) is 22.4 Å². The van der Waals surface area contributed by atoms with Gasteiger partial charge in [0.15, 0.2) is 0 Å². The van der Waals surface area contributed by atoms with Crippen LogP contribution in [-0.2, 0) is 6.18 Å². The maximum absolute atomic E-state index is 12.8. The van der Waals surface area contributed by atoms with Gasteiger partial charge in [0, 0.05) is 56.3 Å². The van der Waals surface area contributed by atoms with Crippen LogP contribution in [-0.4, -0.2) is 51.7 Å². The second-order valence-electron chi connectivity index (χ2n) is 8.48. The third kappa shape index (κ3) is 6.04. The van der Waals surface area contributed by atoms with E-state index in [0.717, 1.165) is 6.07 Å². The number of nitrogens with two attached hydrogens (primary N) is 1. The van der Waals surface area contributed by atoms with Crippen LogP contribution in [0.5, 0.6) is 0 Å². The van der Waals surface area contributed by atoms with E-state index in [1.165, 1.54) is 24.5 Å². The molecule has 4 rings (SSSR count). The summed E-state index contributed by atoms with van der Waals surface area (Å²) in [4.78, 5) is 26.2. The Morgan fingerprint density at radius 3 is 2.54 bits per heavy atom. The average molecular weight is 512 g/mol. The van der Waals surface area contributed by atoms with Crippen LogP contribution in [0.4, 0.5) is 36.3 Å². The summed E-state index contributed by atoms with van der Waals surface area (Å²) in [5, 5.41) is 25.1. The van der Waals surface area contributed by atoms with Gasteiger partial charge in [-0.05, 0) is 30.7 Å². The summed E-state index contributed by atoms with van der Waals surface area (Å²) in [5.74, 6) is 0.115. The van der Waals surface area contributed by atoms with Gasteiger partial charge < -0.3 is 26.4 Å². The standard InChI is InChI=1S/C24H23F3N8O2/c25-24(26,27)16-2-3-20(30-10-16)34-21-7-19(17(11-31-21)23(29)37)33-18-5-6-35(12-15(18)13-36)22-4-1-14(8-28)9-32-22/h1-4,7,9-11,15,18,36H,5-6,12-13H2,(H2,29,37)(H2,30,31,33,34)/t15-,18+/m0/s1. The molecule has 1 saturated heterocycles. The Bertz CT molecular complexity index is 1290.